The summed E-state index contributed by atoms with van der Waals surface area (Å²) in [4.78, 5) is 3.80. The van der Waals surface area contributed by atoms with Gasteiger partial charge in [-0.25, -0.2) is 8.78 Å². The average molecular weight is 258 g/mol. The predicted octanol–water partition coefficient (Wildman–Crippen LogP) is 2.21. The number of ether oxygens (including phenoxy) is 2. The highest BCUT2D eigenvalue weighted by molar-refractivity contribution is 5.39. The van der Waals surface area contributed by atoms with Gasteiger partial charge < -0.3 is 14.8 Å². The highest BCUT2D eigenvalue weighted by Gasteiger charge is 2.18. The van der Waals surface area contributed by atoms with Crippen LogP contribution in [0.1, 0.15) is 13.3 Å². The van der Waals surface area contributed by atoms with Crippen LogP contribution in [-0.2, 0) is 4.74 Å². The lowest BCUT2D eigenvalue weighted by Crippen LogP contribution is -2.14. The van der Waals surface area contributed by atoms with E-state index in [1.54, 1.807) is 6.92 Å². The van der Waals surface area contributed by atoms with E-state index in [-0.39, 0.29) is 17.6 Å². The molecule has 0 spiro atoms. The fraction of sp³-hybridized carbons (Fsp3) is 0.583. The number of rotatable bonds is 5. The summed E-state index contributed by atoms with van der Waals surface area (Å²) in [5.74, 6) is -1.41. The molecule has 0 amide bonds. The highest BCUT2D eigenvalue weighted by atomic mass is 19.1. The molecule has 4 nitrogen and oxygen atoms in total. The van der Waals surface area contributed by atoms with Crippen LogP contribution in [0.25, 0.3) is 0 Å². The van der Waals surface area contributed by atoms with Gasteiger partial charge in [-0.2, -0.15) is 4.98 Å². The minimum atomic E-state index is -0.784. The smallest absolute Gasteiger partial charge is 0.252 e. The maximum atomic E-state index is 13.5. The quantitative estimate of drug-likeness (QED) is 0.879. The standard InChI is InChI=1S/C12H16F2N2O2/c1-2-15-11-9(13)5-10(14)12(16-11)18-7-8-3-4-17-6-8/h5,8H,2-4,6-7H2,1H3,(H,15,16). The average Bonchev–Trinajstić information content (AvgIpc) is 2.84. The molecule has 1 aromatic heterocycles. The largest absolute Gasteiger partial charge is 0.475 e. The van der Waals surface area contributed by atoms with Gasteiger partial charge in [0.05, 0.1) is 13.2 Å². The molecule has 0 saturated carbocycles. The Kier molecular flexibility index (Phi) is 4.30. The van der Waals surface area contributed by atoms with Gasteiger partial charge in [0.25, 0.3) is 5.88 Å². The molecule has 1 aromatic rings. The van der Waals surface area contributed by atoms with Crippen molar-refractivity contribution in [3.8, 4) is 5.88 Å². The molecule has 1 saturated heterocycles. The highest BCUT2D eigenvalue weighted by Crippen LogP contribution is 2.22. The number of anilines is 1. The van der Waals surface area contributed by atoms with Gasteiger partial charge in [-0.05, 0) is 13.3 Å². The first-order chi connectivity index (χ1) is 8.70. The molecule has 2 heterocycles. The van der Waals surface area contributed by atoms with E-state index in [0.717, 1.165) is 12.5 Å². The SMILES string of the molecule is CCNc1nc(OCC2CCOC2)c(F)cc1F. The van der Waals surface area contributed by atoms with Crippen LogP contribution < -0.4 is 10.1 Å². The van der Waals surface area contributed by atoms with Crippen molar-refractivity contribution in [2.45, 2.75) is 13.3 Å². The van der Waals surface area contributed by atoms with E-state index in [9.17, 15) is 8.78 Å². The number of hydrogen-bond donors (Lipinski definition) is 1. The minimum Gasteiger partial charge on any atom is -0.475 e. The van der Waals surface area contributed by atoms with Crippen LogP contribution in [0.2, 0.25) is 0 Å². The maximum absolute atomic E-state index is 13.5. The summed E-state index contributed by atoms with van der Waals surface area (Å²) in [5, 5.41) is 2.71. The monoisotopic (exact) mass is 258 g/mol. The molecule has 1 aliphatic rings. The van der Waals surface area contributed by atoms with Gasteiger partial charge in [0.1, 0.15) is 0 Å². The lowest BCUT2D eigenvalue weighted by atomic mass is 10.1. The topological polar surface area (TPSA) is 43.4 Å². The molecule has 1 atom stereocenters. The first-order valence-electron chi connectivity index (χ1n) is 6.01. The minimum absolute atomic E-state index is 0.0107. The van der Waals surface area contributed by atoms with Gasteiger partial charge in [0, 0.05) is 25.1 Å². The van der Waals surface area contributed by atoms with Crippen molar-refractivity contribution in [3.63, 3.8) is 0 Å². The first kappa shape index (κ1) is 13.0. The van der Waals surface area contributed by atoms with Crippen molar-refractivity contribution >= 4 is 5.82 Å². The third-order valence-corrected chi connectivity index (χ3v) is 2.72. The van der Waals surface area contributed by atoms with Gasteiger partial charge in [0.2, 0.25) is 0 Å². The van der Waals surface area contributed by atoms with Gasteiger partial charge in [0.15, 0.2) is 17.5 Å². The van der Waals surface area contributed by atoms with Crippen molar-refractivity contribution in [1.29, 1.82) is 0 Å². The van der Waals surface area contributed by atoms with Gasteiger partial charge >= 0.3 is 0 Å². The van der Waals surface area contributed by atoms with Crippen LogP contribution in [0.4, 0.5) is 14.6 Å². The summed E-state index contributed by atoms with van der Waals surface area (Å²) in [6.07, 6.45) is 0.892. The van der Waals surface area contributed by atoms with Gasteiger partial charge in [-0.1, -0.05) is 0 Å². The second-order valence-electron chi connectivity index (χ2n) is 4.18. The molecule has 6 heteroatoms. The Morgan fingerprint density at radius 3 is 3.00 bits per heavy atom. The van der Waals surface area contributed by atoms with Crippen molar-refractivity contribution in [3.05, 3.63) is 17.7 Å². The number of nitrogens with one attached hydrogen (secondary N) is 1. The molecule has 0 aliphatic carbocycles. The zero-order valence-electron chi connectivity index (χ0n) is 10.2. The molecule has 100 valence electrons. The Hall–Kier alpha value is -1.43. The Morgan fingerprint density at radius 2 is 2.33 bits per heavy atom. The zero-order valence-corrected chi connectivity index (χ0v) is 10.2. The Balaban J connectivity index is 2.03. The van der Waals surface area contributed by atoms with Crippen LogP contribution in [0, 0.1) is 17.6 Å². The van der Waals surface area contributed by atoms with E-state index < -0.39 is 11.6 Å². The predicted molar refractivity (Wildman–Crippen MR) is 62.7 cm³/mol. The number of nitrogens with zero attached hydrogens (tertiary/aromatic N) is 1. The van der Waals surface area contributed by atoms with E-state index in [0.29, 0.717) is 26.4 Å². The second-order valence-corrected chi connectivity index (χ2v) is 4.18. The molecular weight excluding hydrogens is 242 g/mol. The summed E-state index contributed by atoms with van der Waals surface area (Å²) in [7, 11) is 0. The van der Waals surface area contributed by atoms with E-state index in [1.807, 2.05) is 0 Å². The molecule has 1 fully saturated rings. The second kappa shape index (κ2) is 5.95. The number of hydrogen-bond acceptors (Lipinski definition) is 4. The molecule has 1 aliphatic heterocycles. The Bertz CT molecular complexity index is 409. The van der Waals surface area contributed by atoms with Crippen molar-refractivity contribution in [2.75, 3.05) is 31.7 Å². The van der Waals surface area contributed by atoms with E-state index in [4.69, 9.17) is 9.47 Å². The molecule has 2 rings (SSSR count). The van der Waals surface area contributed by atoms with Crippen LogP contribution >= 0.6 is 0 Å². The maximum Gasteiger partial charge on any atom is 0.252 e. The van der Waals surface area contributed by atoms with Crippen LogP contribution in [0.15, 0.2) is 6.07 Å². The summed E-state index contributed by atoms with van der Waals surface area (Å²) in [5.41, 5.74) is 0. The number of pyridine rings is 1. The molecule has 18 heavy (non-hydrogen) atoms. The zero-order chi connectivity index (χ0) is 13.0. The molecular formula is C12H16F2N2O2. The normalized spacial score (nSPS) is 18.9. The number of aromatic nitrogens is 1. The van der Waals surface area contributed by atoms with Crippen molar-refractivity contribution < 1.29 is 18.3 Å². The van der Waals surface area contributed by atoms with E-state index >= 15 is 0 Å². The first-order valence-corrected chi connectivity index (χ1v) is 6.01. The van der Waals surface area contributed by atoms with E-state index in [1.165, 1.54) is 0 Å². The van der Waals surface area contributed by atoms with Crippen LogP contribution in [0.5, 0.6) is 5.88 Å². The number of halogens is 2. The lowest BCUT2D eigenvalue weighted by molar-refractivity contribution is 0.163. The Morgan fingerprint density at radius 1 is 1.50 bits per heavy atom. The molecule has 0 radical (unpaired) electrons. The summed E-state index contributed by atoms with van der Waals surface area (Å²) >= 11 is 0. The lowest BCUT2D eigenvalue weighted by Gasteiger charge is -2.12. The summed E-state index contributed by atoms with van der Waals surface area (Å²) in [6.45, 7) is 3.96. The molecule has 1 N–H and O–H groups in total. The molecule has 0 aromatic carbocycles. The summed E-state index contributed by atoms with van der Waals surface area (Å²) in [6, 6.07) is 0.783. The van der Waals surface area contributed by atoms with Gasteiger partial charge in [-0.3, -0.25) is 0 Å². The molecule has 0 bridgehead atoms. The van der Waals surface area contributed by atoms with Crippen LogP contribution in [-0.4, -0.2) is 31.3 Å². The third kappa shape index (κ3) is 3.07. The summed E-state index contributed by atoms with van der Waals surface area (Å²) < 4.78 is 37.3. The van der Waals surface area contributed by atoms with Crippen LogP contribution in [0.3, 0.4) is 0 Å². The van der Waals surface area contributed by atoms with Crippen molar-refractivity contribution in [2.24, 2.45) is 5.92 Å². The van der Waals surface area contributed by atoms with Gasteiger partial charge in [-0.15, -0.1) is 0 Å². The fourth-order valence-electron chi connectivity index (χ4n) is 1.75. The molecule has 1 unspecified atom stereocenters. The third-order valence-electron chi connectivity index (χ3n) is 2.72. The van der Waals surface area contributed by atoms with E-state index in [2.05, 4.69) is 10.3 Å². The van der Waals surface area contributed by atoms with Crippen molar-refractivity contribution in [1.82, 2.24) is 4.98 Å². The Labute approximate surface area is 104 Å². The fourth-order valence-corrected chi connectivity index (χ4v) is 1.75.